The van der Waals surface area contributed by atoms with E-state index in [1.807, 2.05) is 12.1 Å². The Morgan fingerprint density at radius 2 is 0.765 bits per heavy atom. The molecule has 3 heterocycles. The molecule has 0 saturated heterocycles. The van der Waals surface area contributed by atoms with Gasteiger partial charge in [-0.25, -0.2) is 0 Å². The van der Waals surface area contributed by atoms with Gasteiger partial charge in [-0.2, -0.15) is 0 Å². The largest absolute Gasteiger partial charge is 0.456 e. The first kappa shape index (κ1) is 28.0. The highest BCUT2D eigenvalue weighted by molar-refractivity contribution is 6.14. The molecular formula is C48H30N2O. The number of para-hydroxylation sites is 3. The van der Waals surface area contributed by atoms with Crippen molar-refractivity contribution in [2.75, 3.05) is 0 Å². The Hall–Kier alpha value is -6.84. The molecule has 0 bridgehead atoms. The Labute approximate surface area is 293 Å². The fourth-order valence-electron chi connectivity index (χ4n) is 8.15. The SMILES string of the molecule is c1ccc(-c2ccc3c(c2)c2cc(-c4ccc5c(c4)c4ccccc4n5-c4ccc5c(c4)oc4ccccc45)ccc2n3-c2ccccc2)cc1. The van der Waals surface area contributed by atoms with Crippen LogP contribution >= 0.6 is 0 Å². The van der Waals surface area contributed by atoms with Gasteiger partial charge in [0.2, 0.25) is 0 Å². The predicted molar refractivity (Wildman–Crippen MR) is 213 cm³/mol. The van der Waals surface area contributed by atoms with E-state index in [-0.39, 0.29) is 0 Å². The Kier molecular flexibility index (Phi) is 5.96. The van der Waals surface area contributed by atoms with Crippen LogP contribution in [0.15, 0.2) is 186 Å². The second-order valence-electron chi connectivity index (χ2n) is 13.4. The molecule has 0 fully saturated rings. The molecule has 51 heavy (non-hydrogen) atoms. The molecular weight excluding hydrogens is 621 g/mol. The molecule has 0 aliphatic carbocycles. The van der Waals surface area contributed by atoms with Gasteiger partial charge < -0.3 is 13.6 Å². The molecule has 0 aliphatic rings. The van der Waals surface area contributed by atoms with E-state index in [0.717, 1.165) is 33.3 Å². The first-order valence-corrected chi connectivity index (χ1v) is 17.4. The van der Waals surface area contributed by atoms with Gasteiger partial charge >= 0.3 is 0 Å². The molecule has 0 aliphatic heterocycles. The van der Waals surface area contributed by atoms with Crippen molar-refractivity contribution in [3.8, 4) is 33.6 Å². The molecule has 3 aromatic heterocycles. The van der Waals surface area contributed by atoms with Crippen LogP contribution in [0.25, 0.3) is 99.2 Å². The summed E-state index contributed by atoms with van der Waals surface area (Å²) in [6.45, 7) is 0. The van der Waals surface area contributed by atoms with E-state index in [1.165, 1.54) is 65.9 Å². The molecule has 11 aromatic rings. The van der Waals surface area contributed by atoms with Gasteiger partial charge in [0, 0.05) is 49.8 Å². The number of hydrogen-bond donors (Lipinski definition) is 0. The van der Waals surface area contributed by atoms with E-state index in [1.54, 1.807) is 0 Å². The van der Waals surface area contributed by atoms with Crippen molar-refractivity contribution in [2.45, 2.75) is 0 Å². The highest BCUT2D eigenvalue weighted by Gasteiger charge is 2.17. The lowest BCUT2D eigenvalue weighted by molar-refractivity contribution is 0.668. The van der Waals surface area contributed by atoms with E-state index in [4.69, 9.17) is 4.42 Å². The lowest BCUT2D eigenvalue weighted by Gasteiger charge is -2.09. The van der Waals surface area contributed by atoms with Crippen LogP contribution < -0.4 is 0 Å². The van der Waals surface area contributed by atoms with Crippen LogP contribution in [0.4, 0.5) is 0 Å². The van der Waals surface area contributed by atoms with Crippen molar-refractivity contribution < 1.29 is 4.42 Å². The average Bonchev–Trinajstić information content (AvgIpc) is 3.85. The lowest BCUT2D eigenvalue weighted by Crippen LogP contribution is -1.93. The number of furan rings is 1. The van der Waals surface area contributed by atoms with Gasteiger partial charge in [-0.05, 0) is 95.1 Å². The minimum atomic E-state index is 0.898. The fraction of sp³-hybridized carbons (Fsp3) is 0. The standard InChI is InChI=1S/C48H30N2O/c1-3-11-31(12-4-1)32-19-24-45-41(27-32)42-29-34(21-26-46(42)49(45)35-13-5-2-6-14-35)33-20-25-44-40(28-33)37-15-7-9-17-43(37)50(44)36-22-23-39-38-16-8-10-18-47(38)51-48(39)30-36/h1-30H. The van der Waals surface area contributed by atoms with Crippen LogP contribution in [0.5, 0.6) is 0 Å². The van der Waals surface area contributed by atoms with Gasteiger partial charge in [-0.3, -0.25) is 0 Å². The summed E-state index contributed by atoms with van der Waals surface area (Å²) in [5, 5.41) is 7.23. The summed E-state index contributed by atoms with van der Waals surface area (Å²) in [6, 6.07) is 65.6. The molecule has 0 amide bonds. The topological polar surface area (TPSA) is 23.0 Å². The van der Waals surface area contributed by atoms with Crippen LogP contribution in [0.1, 0.15) is 0 Å². The minimum Gasteiger partial charge on any atom is -0.456 e. The summed E-state index contributed by atoms with van der Waals surface area (Å²) in [6.07, 6.45) is 0. The highest BCUT2D eigenvalue weighted by Crippen LogP contribution is 2.40. The van der Waals surface area contributed by atoms with Gasteiger partial charge in [0.05, 0.1) is 22.1 Å². The maximum absolute atomic E-state index is 6.31. The predicted octanol–water partition coefficient (Wildman–Crippen LogP) is 13.1. The number of hydrogen-bond acceptors (Lipinski definition) is 1. The monoisotopic (exact) mass is 650 g/mol. The maximum Gasteiger partial charge on any atom is 0.137 e. The van der Waals surface area contributed by atoms with Gasteiger partial charge in [-0.15, -0.1) is 0 Å². The third-order valence-corrected chi connectivity index (χ3v) is 10.5. The summed E-state index contributed by atoms with van der Waals surface area (Å²) in [4.78, 5) is 0. The third-order valence-electron chi connectivity index (χ3n) is 10.5. The Bertz CT molecular complexity index is 3130. The number of fused-ring (bicyclic) bond motifs is 9. The number of benzene rings is 8. The molecule has 0 saturated carbocycles. The number of nitrogens with zero attached hydrogens (tertiary/aromatic N) is 2. The van der Waals surface area contributed by atoms with E-state index >= 15 is 0 Å². The first-order chi connectivity index (χ1) is 25.3. The normalized spacial score (nSPS) is 11.9. The Balaban J connectivity index is 1.11. The minimum absolute atomic E-state index is 0.898. The van der Waals surface area contributed by atoms with Crippen molar-refractivity contribution in [3.63, 3.8) is 0 Å². The van der Waals surface area contributed by atoms with Crippen LogP contribution in [-0.4, -0.2) is 9.13 Å². The molecule has 0 radical (unpaired) electrons. The smallest absolute Gasteiger partial charge is 0.137 e. The first-order valence-electron chi connectivity index (χ1n) is 17.4. The van der Waals surface area contributed by atoms with E-state index in [0.29, 0.717) is 0 Å². The highest BCUT2D eigenvalue weighted by atomic mass is 16.3. The van der Waals surface area contributed by atoms with Crippen LogP contribution in [0.2, 0.25) is 0 Å². The van der Waals surface area contributed by atoms with E-state index < -0.39 is 0 Å². The molecule has 0 unspecified atom stereocenters. The zero-order valence-electron chi connectivity index (χ0n) is 27.6. The summed E-state index contributed by atoms with van der Waals surface area (Å²) >= 11 is 0. The van der Waals surface area contributed by atoms with Crippen molar-refractivity contribution in [3.05, 3.63) is 182 Å². The van der Waals surface area contributed by atoms with Crippen molar-refractivity contribution in [1.29, 1.82) is 0 Å². The van der Waals surface area contributed by atoms with E-state index in [9.17, 15) is 0 Å². The van der Waals surface area contributed by atoms with Crippen molar-refractivity contribution >= 4 is 65.6 Å². The molecule has 238 valence electrons. The zero-order chi connectivity index (χ0) is 33.5. The molecule has 8 aromatic carbocycles. The van der Waals surface area contributed by atoms with Gasteiger partial charge in [0.1, 0.15) is 11.2 Å². The molecule has 11 rings (SSSR count). The molecule has 0 spiro atoms. The summed E-state index contributed by atoms with van der Waals surface area (Å²) in [5.74, 6) is 0. The van der Waals surface area contributed by atoms with Gasteiger partial charge in [-0.1, -0.05) is 103 Å². The quantitative estimate of drug-likeness (QED) is 0.186. The van der Waals surface area contributed by atoms with Crippen LogP contribution in [-0.2, 0) is 0 Å². The number of rotatable bonds is 4. The summed E-state index contributed by atoms with van der Waals surface area (Å²) < 4.78 is 11.1. The van der Waals surface area contributed by atoms with Crippen LogP contribution in [0.3, 0.4) is 0 Å². The second kappa shape index (κ2) is 10.8. The molecule has 0 atom stereocenters. The number of aromatic nitrogens is 2. The fourth-order valence-corrected chi connectivity index (χ4v) is 8.15. The summed E-state index contributed by atoms with van der Waals surface area (Å²) in [7, 11) is 0. The van der Waals surface area contributed by atoms with Crippen molar-refractivity contribution in [2.24, 2.45) is 0 Å². The Morgan fingerprint density at radius 1 is 0.275 bits per heavy atom. The third kappa shape index (κ3) is 4.25. The second-order valence-corrected chi connectivity index (χ2v) is 13.4. The molecule has 3 nitrogen and oxygen atoms in total. The van der Waals surface area contributed by atoms with Gasteiger partial charge in [0.25, 0.3) is 0 Å². The average molecular weight is 651 g/mol. The zero-order valence-corrected chi connectivity index (χ0v) is 27.6. The lowest BCUT2D eigenvalue weighted by atomic mass is 9.99. The maximum atomic E-state index is 6.31. The van der Waals surface area contributed by atoms with Gasteiger partial charge in [0.15, 0.2) is 0 Å². The molecule has 3 heteroatoms. The summed E-state index contributed by atoms with van der Waals surface area (Å²) in [5.41, 5.74) is 13.6. The van der Waals surface area contributed by atoms with Crippen LogP contribution in [0, 0.1) is 0 Å². The van der Waals surface area contributed by atoms with Crippen molar-refractivity contribution in [1.82, 2.24) is 9.13 Å². The Morgan fingerprint density at radius 3 is 1.45 bits per heavy atom. The van der Waals surface area contributed by atoms with E-state index in [2.05, 4.69) is 179 Å². The molecule has 0 N–H and O–H groups in total.